The first-order valence-electron chi connectivity index (χ1n) is 10.7. The highest BCUT2D eigenvalue weighted by molar-refractivity contribution is 5.75. The number of carbonyl (C=O) groups is 1. The molecule has 0 rings (SSSR count). The van der Waals surface area contributed by atoms with Gasteiger partial charge < -0.3 is 4.74 Å². The van der Waals surface area contributed by atoms with Crippen LogP contribution in [0.2, 0.25) is 0 Å². The first kappa shape index (κ1) is 24.7. The van der Waals surface area contributed by atoms with Gasteiger partial charge in [0.25, 0.3) is 0 Å². The summed E-state index contributed by atoms with van der Waals surface area (Å²) in [6.07, 6.45) is 26.4. The van der Waals surface area contributed by atoms with Crippen LogP contribution >= 0.6 is 0 Å². The number of unbranched alkanes of at least 4 members (excludes halogenated alkanes) is 6. The van der Waals surface area contributed by atoms with E-state index in [0.717, 1.165) is 32.1 Å². The first-order chi connectivity index (χ1) is 12.5. The molecule has 0 saturated heterocycles. The second-order valence-electron chi connectivity index (χ2n) is 7.56. The van der Waals surface area contributed by atoms with E-state index in [4.69, 9.17) is 4.74 Å². The fourth-order valence-corrected chi connectivity index (χ4v) is 2.79. The molecule has 0 bridgehead atoms. The molecule has 0 aromatic rings. The maximum atomic E-state index is 11.8. The second-order valence-corrected chi connectivity index (χ2v) is 7.56. The average Bonchev–Trinajstić information content (AvgIpc) is 2.61. The highest BCUT2D eigenvalue weighted by atomic mass is 16.5. The number of rotatable bonds is 16. The Balaban J connectivity index is 3.47. The lowest BCUT2D eigenvalue weighted by Gasteiger charge is -2.21. The Labute approximate surface area is 162 Å². The number of esters is 1. The summed E-state index contributed by atoms with van der Waals surface area (Å²) in [6, 6.07) is 0. The van der Waals surface area contributed by atoms with Crippen molar-refractivity contribution in [3.8, 4) is 0 Å². The van der Waals surface area contributed by atoms with Crippen LogP contribution in [0.1, 0.15) is 98.3 Å². The summed E-state index contributed by atoms with van der Waals surface area (Å²) in [7, 11) is 0. The van der Waals surface area contributed by atoms with Gasteiger partial charge in [-0.15, -0.1) is 0 Å². The Hall–Kier alpha value is -1.31. The monoisotopic (exact) mass is 362 g/mol. The molecule has 0 aromatic heterocycles. The standard InChI is InChI=1S/C24H42O2/c1-5-7-8-9-10-11-12-13-14-15-16-17-18-19-20-21-22-24(3,4)23(25)26-6-2/h7-8,10-11,13-14H,5-6,9,12,15-22H2,1-4H3. The van der Waals surface area contributed by atoms with E-state index in [9.17, 15) is 4.79 Å². The molecule has 26 heavy (non-hydrogen) atoms. The minimum atomic E-state index is -0.332. The number of allylic oxidation sites excluding steroid dienone is 6. The first-order valence-corrected chi connectivity index (χ1v) is 10.7. The van der Waals surface area contributed by atoms with Crippen LogP contribution in [0.25, 0.3) is 0 Å². The summed E-state index contributed by atoms with van der Waals surface area (Å²) in [4.78, 5) is 11.8. The summed E-state index contributed by atoms with van der Waals surface area (Å²) in [5, 5.41) is 0. The third kappa shape index (κ3) is 15.0. The molecule has 0 aliphatic rings. The average molecular weight is 363 g/mol. The zero-order chi connectivity index (χ0) is 19.5. The Bertz CT molecular complexity index is 416. The van der Waals surface area contributed by atoms with E-state index in [2.05, 4.69) is 43.4 Å². The van der Waals surface area contributed by atoms with Crippen LogP contribution in [0.5, 0.6) is 0 Å². The fourth-order valence-electron chi connectivity index (χ4n) is 2.79. The Kier molecular flexibility index (Phi) is 16.3. The van der Waals surface area contributed by atoms with Gasteiger partial charge in [-0.1, -0.05) is 75.5 Å². The van der Waals surface area contributed by atoms with Crippen LogP contribution in [0.4, 0.5) is 0 Å². The molecule has 0 aliphatic heterocycles. The van der Waals surface area contributed by atoms with Gasteiger partial charge in [0, 0.05) is 0 Å². The normalized spacial score (nSPS) is 12.6. The number of hydrogen-bond acceptors (Lipinski definition) is 2. The molecule has 0 heterocycles. The van der Waals surface area contributed by atoms with Crippen molar-refractivity contribution in [2.24, 2.45) is 5.41 Å². The minimum Gasteiger partial charge on any atom is -0.466 e. The Morgan fingerprint density at radius 2 is 1.31 bits per heavy atom. The van der Waals surface area contributed by atoms with Crippen LogP contribution in [-0.2, 0) is 9.53 Å². The van der Waals surface area contributed by atoms with Crippen LogP contribution in [-0.4, -0.2) is 12.6 Å². The molecule has 0 amide bonds. The van der Waals surface area contributed by atoms with Crippen molar-refractivity contribution < 1.29 is 9.53 Å². The molecule has 0 N–H and O–H groups in total. The van der Waals surface area contributed by atoms with Crippen molar-refractivity contribution in [3.63, 3.8) is 0 Å². The van der Waals surface area contributed by atoms with Gasteiger partial charge in [0.05, 0.1) is 12.0 Å². The molecular formula is C24H42O2. The van der Waals surface area contributed by atoms with E-state index in [1.807, 2.05) is 20.8 Å². The Morgan fingerprint density at radius 1 is 0.769 bits per heavy atom. The predicted molar refractivity (Wildman–Crippen MR) is 114 cm³/mol. The molecule has 150 valence electrons. The lowest BCUT2D eigenvalue weighted by molar-refractivity contribution is -0.153. The number of carbonyl (C=O) groups excluding carboxylic acids is 1. The Morgan fingerprint density at radius 3 is 1.92 bits per heavy atom. The van der Waals surface area contributed by atoms with E-state index in [0.29, 0.717) is 6.61 Å². The molecule has 0 atom stereocenters. The topological polar surface area (TPSA) is 26.3 Å². The zero-order valence-electron chi connectivity index (χ0n) is 17.8. The molecular weight excluding hydrogens is 320 g/mol. The minimum absolute atomic E-state index is 0.0564. The van der Waals surface area contributed by atoms with Crippen molar-refractivity contribution in [2.45, 2.75) is 98.3 Å². The second kappa shape index (κ2) is 17.1. The van der Waals surface area contributed by atoms with Crippen LogP contribution in [0.3, 0.4) is 0 Å². The summed E-state index contributed by atoms with van der Waals surface area (Å²) in [6.45, 7) is 8.49. The summed E-state index contributed by atoms with van der Waals surface area (Å²) >= 11 is 0. The van der Waals surface area contributed by atoms with Crippen molar-refractivity contribution in [1.82, 2.24) is 0 Å². The van der Waals surface area contributed by atoms with E-state index in [1.165, 1.54) is 38.5 Å². The maximum absolute atomic E-state index is 11.8. The summed E-state index contributed by atoms with van der Waals surface area (Å²) in [5.41, 5.74) is -0.332. The van der Waals surface area contributed by atoms with Crippen molar-refractivity contribution in [3.05, 3.63) is 36.5 Å². The van der Waals surface area contributed by atoms with Gasteiger partial charge in [-0.25, -0.2) is 0 Å². The van der Waals surface area contributed by atoms with Gasteiger partial charge >= 0.3 is 5.97 Å². The van der Waals surface area contributed by atoms with Crippen molar-refractivity contribution >= 4 is 5.97 Å². The quantitative estimate of drug-likeness (QED) is 0.161. The van der Waals surface area contributed by atoms with E-state index in [-0.39, 0.29) is 11.4 Å². The van der Waals surface area contributed by atoms with Crippen molar-refractivity contribution in [1.29, 1.82) is 0 Å². The van der Waals surface area contributed by atoms with Gasteiger partial charge in [-0.3, -0.25) is 4.79 Å². The van der Waals surface area contributed by atoms with Gasteiger partial charge in [-0.05, 0) is 59.3 Å². The van der Waals surface area contributed by atoms with E-state index < -0.39 is 0 Å². The highest BCUT2D eigenvalue weighted by Crippen LogP contribution is 2.25. The lowest BCUT2D eigenvalue weighted by Crippen LogP contribution is -2.26. The third-order valence-electron chi connectivity index (χ3n) is 4.53. The van der Waals surface area contributed by atoms with E-state index >= 15 is 0 Å². The molecule has 2 nitrogen and oxygen atoms in total. The molecule has 2 heteroatoms. The molecule has 0 aliphatic carbocycles. The zero-order valence-corrected chi connectivity index (χ0v) is 17.8. The molecule has 0 radical (unpaired) electrons. The van der Waals surface area contributed by atoms with Gasteiger partial charge in [0.1, 0.15) is 0 Å². The van der Waals surface area contributed by atoms with Crippen LogP contribution in [0.15, 0.2) is 36.5 Å². The largest absolute Gasteiger partial charge is 0.466 e. The molecule has 0 fully saturated rings. The predicted octanol–water partition coefficient (Wildman–Crippen LogP) is 7.56. The third-order valence-corrected chi connectivity index (χ3v) is 4.53. The smallest absolute Gasteiger partial charge is 0.311 e. The van der Waals surface area contributed by atoms with Crippen molar-refractivity contribution in [2.75, 3.05) is 6.61 Å². The maximum Gasteiger partial charge on any atom is 0.311 e. The molecule has 0 spiro atoms. The van der Waals surface area contributed by atoms with Crippen LogP contribution < -0.4 is 0 Å². The van der Waals surface area contributed by atoms with Gasteiger partial charge in [-0.2, -0.15) is 0 Å². The van der Waals surface area contributed by atoms with Gasteiger partial charge in [0.2, 0.25) is 0 Å². The summed E-state index contributed by atoms with van der Waals surface area (Å²) in [5.74, 6) is -0.0564. The van der Waals surface area contributed by atoms with E-state index in [1.54, 1.807) is 0 Å². The van der Waals surface area contributed by atoms with Gasteiger partial charge in [0.15, 0.2) is 0 Å². The molecule has 0 unspecified atom stereocenters. The highest BCUT2D eigenvalue weighted by Gasteiger charge is 2.28. The lowest BCUT2D eigenvalue weighted by atomic mass is 9.87. The number of hydrogen-bond donors (Lipinski definition) is 0. The molecule has 0 saturated carbocycles. The molecule has 0 aromatic carbocycles. The summed E-state index contributed by atoms with van der Waals surface area (Å²) < 4.78 is 5.13. The van der Waals surface area contributed by atoms with Crippen LogP contribution in [0, 0.1) is 5.41 Å². The number of ether oxygens (including phenoxy) is 1. The SMILES string of the molecule is CCC=CCC=CCC=CCCCCCCCCC(C)(C)C(=O)OCC. The fraction of sp³-hybridized carbons (Fsp3) is 0.708.